The van der Waals surface area contributed by atoms with Gasteiger partial charge in [-0.25, -0.2) is 12.8 Å². The highest BCUT2D eigenvalue weighted by atomic mass is 32.2. The van der Waals surface area contributed by atoms with Crippen molar-refractivity contribution >= 4 is 27.5 Å². The molecule has 3 aromatic rings. The zero-order valence-electron chi connectivity index (χ0n) is 23.9. The Bertz CT molecular complexity index is 1380. The second kappa shape index (κ2) is 14.6. The van der Waals surface area contributed by atoms with E-state index in [-0.39, 0.29) is 24.2 Å². The lowest BCUT2D eigenvalue weighted by Gasteiger charge is -2.33. The first-order chi connectivity index (χ1) is 19.5. The lowest BCUT2D eigenvalue weighted by Crippen LogP contribution is -2.53. The normalized spacial score (nSPS) is 12.7. The van der Waals surface area contributed by atoms with E-state index in [9.17, 15) is 22.4 Å². The standard InChI is InChI=1S/C31H38FN3O5S/c1-5-23(3)33-31(37)29(6-2)34(20-24-12-14-26(32)15-13-24)30(36)21-35(41(4,38)39)27-16-18-28(19-17-27)40-22-25-10-8-7-9-11-25/h7-19,23,29H,5-6,20-22H2,1-4H3,(H,33,37)/t23-,29-/m1/s1. The lowest BCUT2D eigenvalue weighted by atomic mass is 10.1. The van der Waals surface area contributed by atoms with Crippen molar-refractivity contribution in [3.8, 4) is 5.75 Å². The Hall–Kier alpha value is -3.92. The number of carbonyl (C=O) groups is 2. The molecule has 3 aromatic carbocycles. The summed E-state index contributed by atoms with van der Waals surface area (Å²) in [4.78, 5) is 28.3. The molecule has 0 unspecified atom stereocenters. The molecular formula is C31H38FN3O5S. The van der Waals surface area contributed by atoms with Crippen LogP contribution in [0.15, 0.2) is 78.9 Å². The first-order valence-electron chi connectivity index (χ1n) is 13.6. The van der Waals surface area contributed by atoms with Crippen LogP contribution in [-0.4, -0.2) is 50.0 Å². The molecule has 0 saturated carbocycles. The van der Waals surface area contributed by atoms with Crippen LogP contribution in [0.1, 0.15) is 44.7 Å². The zero-order chi connectivity index (χ0) is 30.0. The van der Waals surface area contributed by atoms with E-state index in [1.165, 1.54) is 29.2 Å². The number of amides is 2. The van der Waals surface area contributed by atoms with Crippen LogP contribution in [0.5, 0.6) is 5.75 Å². The minimum absolute atomic E-state index is 0.00934. The van der Waals surface area contributed by atoms with Gasteiger partial charge in [0.1, 0.15) is 30.8 Å². The van der Waals surface area contributed by atoms with Crippen LogP contribution in [0.4, 0.5) is 10.1 Å². The highest BCUT2D eigenvalue weighted by Crippen LogP contribution is 2.23. The van der Waals surface area contributed by atoms with E-state index in [0.29, 0.717) is 30.8 Å². The van der Waals surface area contributed by atoms with E-state index in [2.05, 4.69) is 5.32 Å². The molecule has 2 atom stereocenters. The number of halogens is 1. The Kier molecular flexibility index (Phi) is 11.3. The topological polar surface area (TPSA) is 96.0 Å². The summed E-state index contributed by atoms with van der Waals surface area (Å²) in [6, 6.07) is 20.8. The number of nitrogens with zero attached hydrogens (tertiary/aromatic N) is 2. The summed E-state index contributed by atoms with van der Waals surface area (Å²) in [6.45, 7) is 5.44. The van der Waals surface area contributed by atoms with Crippen LogP contribution < -0.4 is 14.4 Å². The quantitative estimate of drug-likeness (QED) is 0.292. The van der Waals surface area contributed by atoms with Crippen molar-refractivity contribution in [2.24, 2.45) is 0 Å². The second-order valence-corrected chi connectivity index (χ2v) is 11.8. The van der Waals surface area contributed by atoms with Crippen LogP contribution in [0.3, 0.4) is 0 Å². The Morgan fingerprint density at radius 3 is 2.10 bits per heavy atom. The summed E-state index contributed by atoms with van der Waals surface area (Å²) >= 11 is 0. The molecule has 0 aliphatic carbocycles. The molecule has 0 aliphatic rings. The van der Waals surface area contributed by atoms with E-state index in [0.717, 1.165) is 16.1 Å². The van der Waals surface area contributed by atoms with Crippen molar-refractivity contribution < 1.29 is 27.1 Å². The zero-order valence-corrected chi connectivity index (χ0v) is 24.7. The number of anilines is 1. The van der Waals surface area contributed by atoms with Gasteiger partial charge in [0.2, 0.25) is 21.8 Å². The number of sulfonamides is 1. The number of benzene rings is 3. The summed E-state index contributed by atoms with van der Waals surface area (Å²) in [5, 5.41) is 2.92. The average Bonchev–Trinajstić information content (AvgIpc) is 2.95. The molecule has 3 rings (SSSR count). The van der Waals surface area contributed by atoms with Gasteiger partial charge in [0, 0.05) is 12.6 Å². The molecule has 0 aromatic heterocycles. The van der Waals surface area contributed by atoms with E-state index in [1.54, 1.807) is 31.2 Å². The van der Waals surface area contributed by atoms with Crippen molar-refractivity contribution in [1.82, 2.24) is 10.2 Å². The minimum Gasteiger partial charge on any atom is -0.489 e. The van der Waals surface area contributed by atoms with Gasteiger partial charge in [-0.3, -0.25) is 13.9 Å². The fraction of sp³-hybridized carbons (Fsp3) is 0.355. The predicted molar refractivity (Wildman–Crippen MR) is 158 cm³/mol. The Balaban J connectivity index is 1.85. The fourth-order valence-electron chi connectivity index (χ4n) is 4.21. The number of rotatable bonds is 14. The predicted octanol–water partition coefficient (Wildman–Crippen LogP) is 4.89. The van der Waals surface area contributed by atoms with Gasteiger partial charge in [0.25, 0.3) is 0 Å². The summed E-state index contributed by atoms with van der Waals surface area (Å²) in [6.07, 6.45) is 2.04. The van der Waals surface area contributed by atoms with Crippen molar-refractivity contribution in [3.63, 3.8) is 0 Å². The van der Waals surface area contributed by atoms with Gasteiger partial charge in [0.05, 0.1) is 11.9 Å². The molecule has 0 fully saturated rings. The van der Waals surface area contributed by atoms with Crippen LogP contribution in [0, 0.1) is 5.82 Å². The number of carbonyl (C=O) groups excluding carboxylic acids is 2. The number of nitrogens with one attached hydrogen (secondary N) is 1. The molecule has 220 valence electrons. The molecule has 0 heterocycles. The first-order valence-corrected chi connectivity index (χ1v) is 15.4. The third-order valence-corrected chi connectivity index (χ3v) is 7.85. The number of ether oxygens (including phenoxy) is 1. The van der Waals surface area contributed by atoms with Crippen molar-refractivity contribution in [1.29, 1.82) is 0 Å². The maximum atomic E-state index is 13.8. The monoisotopic (exact) mass is 583 g/mol. The highest BCUT2D eigenvalue weighted by Gasteiger charge is 2.32. The Morgan fingerprint density at radius 1 is 0.902 bits per heavy atom. The first kappa shape index (κ1) is 31.6. The highest BCUT2D eigenvalue weighted by molar-refractivity contribution is 7.92. The Labute approximate surface area is 242 Å². The van der Waals surface area contributed by atoms with Crippen LogP contribution >= 0.6 is 0 Å². The average molecular weight is 584 g/mol. The van der Waals surface area contributed by atoms with Gasteiger partial charge in [-0.1, -0.05) is 56.3 Å². The molecule has 0 aliphatic heterocycles. The van der Waals surface area contributed by atoms with Gasteiger partial charge >= 0.3 is 0 Å². The maximum Gasteiger partial charge on any atom is 0.244 e. The van der Waals surface area contributed by atoms with Crippen molar-refractivity contribution in [2.45, 2.75) is 58.8 Å². The van der Waals surface area contributed by atoms with Crippen LogP contribution in [0.25, 0.3) is 0 Å². The molecule has 41 heavy (non-hydrogen) atoms. The summed E-state index contributed by atoms with van der Waals surface area (Å²) in [5.74, 6) is -0.769. The van der Waals surface area contributed by atoms with Gasteiger partial charge in [0.15, 0.2) is 0 Å². The molecule has 1 N–H and O–H groups in total. The summed E-state index contributed by atoms with van der Waals surface area (Å²) < 4.78 is 46.0. The molecule has 0 spiro atoms. The number of hydrogen-bond acceptors (Lipinski definition) is 5. The molecule has 2 amide bonds. The lowest BCUT2D eigenvalue weighted by molar-refractivity contribution is -0.140. The maximum absolute atomic E-state index is 13.8. The molecule has 0 bridgehead atoms. The van der Waals surface area contributed by atoms with E-state index < -0.39 is 34.3 Å². The third kappa shape index (κ3) is 9.31. The molecule has 10 heteroatoms. The van der Waals surface area contributed by atoms with Gasteiger partial charge < -0.3 is 15.0 Å². The Morgan fingerprint density at radius 2 is 1.54 bits per heavy atom. The largest absolute Gasteiger partial charge is 0.489 e. The molecule has 8 nitrogen and oxygen atoms in total. The molecule has 0 saturated heterocycles. The minimum atomic E-state index is -3.87. The smallest absolute Gasteiger partial charge is 0.244 e. The van der Waals surface area contributed by atoms with E-state index in [1.807, 2.05) is 44.2 Å². The summed E-state index contributed by atoms with van der Waals surface area (Å²) in [7, 11) is -3.87. The van der Waals surface area contributed by atoms with Gasteiger partial charge in [-0.15, -0.1) is 0 Å². The SMILES string of the molecule is CC[C@@H](C)NC(=O)[C@@H](CC)N(Cc1ccc(F)cc1)C(=O)CN(c1ccc(OCc2ccccc2)cc1)S(C)(=O)=O. The molecule has 0 radical (unpaired) electrons. The number of hydrogen-bond donors (Lipinski definition) is 1. The van der Waals surface area contributed by atoms with E-state index in [4.69, 9.17) is 4.74 Å². The van der Waals surface area contributed by atoms with Crippen LogP contribution in [-0.2, 0) is 32.8 Å². The van der Waals surface area contributed by atoms with Crippen LogP contribution in [0.2, 0.25) is 0 Å². The fourth-order valence-corrected chi connectivity index (χ4v) is 5.06. The third-order valence-electron chi connectivity index (χ3n) is 6.71. The van der Waals surface area contributed by atoms with Gasteiger partial charge in [-0.2, -0.15) is 0 Å². The van der Waals surface area contributed by atoms with Crippen molar-refractivity contribution in [2.75, 3.05) is 17.1 Å². The van der Waals surface area contributed by atoms with Crippen molar-refractivity contribution in [3.05, 3.63) is 95.8 Å². The second-order valence-electron chi connectivity index (χ2n) is 9.93. The van der Waals surface area contributed by atoms with E-state index >= 15 is 0 Å². The molecular weight excluding hydrogens is 545 g/mol. The van der Waals surface area contributed by atoms with Gasteiger partial charge in [-0.05, 0) is 67.3 Å². The summed E-state index contributed by atoms with van der Waals surface area (Å²) in [5.41, 5.74) is 1.89.